The van der Waals surface area contributed by atoms with Crippen LogP contribution in [0.3, 0.4) is 0 Å². The zero-order valence-corrected chi connectivity index (χ0v) is 22.0. The SMILES string of the molecule is CCCCCCCC[O][Ti](=[O])([OH])([CH2]CCCCCCC)([CH2]CCCCCCC)[O]O. The molecule has 0 saturated carbocycles. The average Bonchev–Trinajstić information content (AvgIpc) is 2.73. The molecule has 0 aliphatic heterocycles. The molecular formula is C24H53O5Ti. The van der Waals surface area contributed by atoms with Gasteiger partial charge in [0.05, 0.1) is 0 Å². The number of unbranched alkanes of at least 4 members (excludes halogenated alkanes) is 15. The van der Waals surface area contributed by atoms with Crippen LogP contribution in [-0.4, -0.2) is 15.6 Å². The number of hydrogen-bond donors (Lipinski definition) is 2. The van der Waals surface area contributed by atoms with Crippen LogP contribution >= 0.6 is 0 Å². The average molecular weight is 470 g/mol. The Kier molecular flexibility index (Phi) is 16.2. The van der Waals surface area contributed by atoms with Crippen LogP contribution in [0.2, 0.25) is 9.45 Å². The van der Waals surface area contributed by atoms with Crippen molar-refractivity contribution in [1.29, 1.82) is 0 Å². The summed E-state index contributed by atoms with van der Waals surface area (Å²) < 4.78 is 35.6. The molecular weight excluding hydrogens is 416 g/mol. The van der Waals surface area contributed by atoms with E-state index in [1.807, 2.05) is 0 Å². The number of rotatable bonds is 23. The van der Waals surface area contributed by atoms with Gasteiger partial charge in [0.25, 0.3) is 0 Å². The molecule has 0 aromatic rings. The predicted octanol–water partition coefficient (Wildman–Crippen LogP) is 8.72. The molecule has 0 amide bonds. The summed E-state index contributed by atoms with van der Waals surface area (Å²) in [5, 5.41) is 9.75. The van der Waals surface area contributed by atoms with Crippen molar-refractivity contribution in [2.24, 2.45) is 0 Å². The van der Waals surface area contributed by atoms with Gasteiger partial charge in [0.2, 0.25) is 0 Å². The maximum absolute atomic E-state index is 14.0. The van der Waals surface area contributed by atoms with Crippen LogP contribution in [0.15, 0.2) is 0 Å². The van der Waals surface area contributed by atoms with Crippen molar-refractivity contribution < 1.29 is 34.2 Å². The Morgan fingerprint density at radius 3 is 1.27 bits per heavy atom. The molecule has 6 heteroatoms. The van der Waals surface area contributed by atoms with Gasteiger partial charge >= 0.3 is 187 Å². The second-order valence-electron chi connectivity index (χ2n) is 9.70. The molecule has 5 nitrogen and oxygen atoms in total. The minimum atomic E-state index is -6.59. The second kappa shape index (κ2) is 16.0. The van der Waals surface area contributed by atoms with Crippen molar-refractivity contribution in [2.45, 2.75) is 146 Å². The molecule has 0 aromatic carbocycles. The first kappa shape index (κ1) is 30.4. The van der Waals surface area contributed by atoms with E-state index in [0.717, 1.165) is 57.8 Å². The third-order valence-electron chi connectivity index (χ3n) is 6.48. The van der Waals surface area contributed by atoms with Crippen LogP contribution in [0.4, 0.5) is 0 Å². The summed E-state index contributed by atoms with van der Waals surface area (Å²) in [5.74, 6) is 0. The second-order valence-corrected chi connectivity index (χ2v) is 18.1. The van der Waals surface area contributed by atoms with Gasteiger partial charge in [-0.25, -0.2) is 0 Å². The molecule has 0 atom stereocenters. The molecule has 0 aromatic heterocycles. The molecule has 0 radical (unpaired) electrons. The standard InChI is InChI=1S/C8H17O.2C8H17.H2O2.H2O.O.Ti/c1-2-3-4-5-6-7-8-9;2*1-3-5-7-8-6-4-2;1-2;;;/h2-8H2,1H3;2*1,3-8H2,2H3;1-2H;1H2;;/q-1;;;;;;+3/p-2. The van der Waals surface area contributed by atoms with Crippen LogP contribution in [0.5, 0.6) is 0 Å². The summed E-state index contributed by atoms with van der Waals surface area (Å²) >= 11 is -6.59. The van der Waals surface area contributed by atoms with E-state index in [2.05, 4.69) is 24.2 Å². The van der Waals surface area contributed by atoms with Gasteiger partial charge in [-0.15, -0.1) is 0 Å². The quantitative estimate of drug-likeness (QED) is 0.0677. The Bertz CT molecular complexity index is 472. The Morgan fingerprint density at radius 1 is 0.567 bits per heavy atom. The van der Waals surface area contributed by atoms with Gasteiger partial charge in [-0.05, 0) is 0 Å². The van der Waals surface area contributed by atoms with E-state index < -0.39 is 15.2 Å². The topological polar surface area (TPSA) is 76.0 Å². The molecule has 0 aliphatic rings. The summed E-state index contributed by atoms with van der Waals surface area (Å²) in [4.78, 5) is 0. The van der Waals surface area contributed by atoms with E-state index in [1.165, 1.54) is 44.9 Å². The Labute approximate surface area is 186 Å². The zero-order valence-electron chi connectivity index (χ0n) is 20.5. The van der Waals surface area contributed by atoms with Gasteiger partial charge < -0.3 is 0 Å². The molecule has 0 spiro atoms. The van der Waals surface area contributed by atoms with Crippen LogP contribution in [0.1, 0.15) is 136 Å². The van der Waals surface area contributed by atoms with E-state index in [1.54, 1.807) is 0 Å². The molecule has 0 rings (SSSR count). The molecule has 0 bridgehead atoms. The van der Waals surface area contributed by atoms with E-state index in [4.69, 9.17) is 3.32 Å². The van der Waals surface area contributed by atoms with Gasteiger partial charge in [0, 0.05) is 0 Å². The van der Waals surface area contributed by atoms with Crippen molar-refractivity contribution in [3.63, 3.8) is 0 Å². The monoisotopic (exact) mass is 469 g/mol. The fourth-order valence-corrected chi connectivity index (χ4v) is 9.96. The molecule has 183 valence electrons. The molecule has 0 fully saturated rings. The van der Waals surface area contributed by atoms with E-state index in [-0.39, 0.29) is 16.1 Å². The molecule has 0 unspecified atom stereocenters. The molecule has 0 aliphatic carbocycles. The van der Waals surface area contributed by atoms with Crippen LogP contribution < -0.4 is 0 Å². The zero-order chi connectivity index (χ0) is 22.7. The van der Waals surface area contributed by atoms with Gasteiger partial charge in [0.1, 0.15) is 0 Å². The van der Waals surface area contributed by atoms with Crippen molar-refractivity contribution in [1.82, 2.24) is 0 Å². The Morgan fingerprint density at radius 2 is 0.900 bits per heavy atom. The normalized spacial score (nSPS) is 14.6. The van der Waals surface area contributed by atoms with Crippen LogP contribution in [-0.2, 0) is 25.3 Å². The van der Waals surface area contributed by atoms with Gasteiger partial charge in [-0.2, -0.15) is 0 Å². The van der Waals surface area contributed by atoms with Crippen molar-refractivity contribution >= 4 is 0 Å². The van der Waals surface area contributed by atoms with Crippen molar-refractivity contribution in [2.75, 3.05) is 6.61 Å². The fraction of sp³-hybridized carbons (Fsp3) is 1.00. The molecule has 30 heavy (non-hydrogen) atoms. The van der Waals surface area contributed by atoms with Gasteiger partial charge in [-0.3, -0.25) is 0 Å². The summed E-state index contributed by atoms with van der Waals surface area (Å²) in [6.07, 6.45) is 18.4. The minimum absolute atomic E-state index is 0.0621. The van der Waals surface area contributed by atoms with Crippen LogP contribution in [0.25, 0.3) is 0 Å². The van der Waals surface area contributed by atoms with Crippen LogP contribution in [0, 0.1) is 0 Å². The first-order valence-electron chi connectivity index (χ1n) is 13.1. The molecule has 0 saturated heterocycles. The summed E-state index contributed by atoms with van der Waals surface area (Å²) in [5.41, 5.74) is 0. The maximum atomic E-state index is 14.0. The summed E-state index contributed by atoms with van der Waals surface area (Å²) in [6, 6.07) is 0. The predicted molar refractivity (Wildman–Crippen MR) is 122 cm³/mol. The van der Waals surface area contributed by atoms with E-state index in [0.29, 0.717) is 12.8 Å². The first-order chi connectivity index (χ1) is 14.3. The summed E-state index contributed by atoms with van der Waals surface area (Å²) in [6.45, 7) is 6.71. The third-order valence-corrected chi connectivity index (χ3v) is 13.6. The Balaban J connectivity index is 4.79. The van der Waals surface area contributed by atoms with Gasteiger partial charge in [0.15, 0.2) is 0 Å². The molecule has 2 N–H and O–H groups in total. The first-order valence-corrected chi connectivity index (χ1v) is 18.0. The van der Waals surface area contributed by atoms with E-state index in [9.17, 15) is 12.3 Å². The van der Waals surface area contributed by atoms with Crippen molar-refractivity contribution in [3.8, 4) is 0 Å². The number of hydrogen-bond acceptors (Lipinski definition) is 4. The third kappa shape index (κ3) is 13.7. The van der Waals surface area contributed by atoms with Crippen molar-refractivity contribution in [3.05, 3.63) is 0 Å². The van der Waals surface area contributed by atoms with Gasteiger partial charge in [-0.1, -0.05) is 0 Å². The Hall–Kier alpha value is 0.354. The molecule has 0 heterocycles. The van der Waals surface area contributed by atoms with E-state index >= 15 is 0 Å². The fourth-order valence-electron chi connectivity index (χ4n) is 4.27. The summed E-state index contributed by atoms with van der Waals surface area (Å²) in [7, 11) is 0.